The zero-order valence-electron chi connectivity index (χ0n) is 17.8. The van der Waals surface area contributed by atoms with Gasteiger partial charge in [-0.2, -0.15) is 0 Å². The maximum atomic E-state index is 10.9. The molecule has 6 nitrogen and oxygen atoms in total. The highest BCUT2D eigenvalue weighted by atomic mass is 32.2. The highest BCUT2D eigenvalue weighted by Crippen LogP contribution is 2.32. The summed E-state index contributed by atoms with van der Waals surface area (Å²) in [6.45, 7) is 4.15. The molecule has 3 aromatic carbocycles. The standard InChI is InChI=1S/C24H23N3O3S2/c1-3-4-5-16-12-15(2)13-22(23(16)28)27-25-20-11-10-19(14-21(20)26-27)32-18-8-6-17(7-9-18)30-24(29)31/h6-14,28H,3-5H2,1-2H3,(H,29,31). The fourth-order valence-electron chi connectivity index (χ4n) is 3.42. The highest BCUT2D eigenvalue weighted by molar-refractivity contribution is 7.99. The summed E-state index contributed by atoms with van der Waals surface area (Å²) >= 11 is 5.18. The molecule has 4 aromatic rings. The first-order valence-electron chi connectivity index (χ1n) is 10.3. The number of hydrogen-bond acceptors (Lipinski definition) is 6. The summed E-state index contributed by atoms with van der Waals surface area (Å²) in [6.07, 6.45) is 2.91. The Bertz CT molecular complexity index is 1270. The number of ether oxygens (including phenoxy) is 1. The number of carbonyl (C=O) groups excluding carboxylic acids is 1. The summed E-state index contributed by atoms with van der Waals surface area (Å²) in [5.41, 5.74) is 4.07. The van der Waals surface area contributed by atoms with E-state index in [9.17, 15) is 9.90 Å². The molecule has 0 aliphatic rings. The molecule has 164 valence electrons. The van der Waals surface area contributed by atoms with Gasteiger partial charge in [0.25, 0.3) is 0 Å². The van der Waals surface area contributed by atoms with E-state index in [1.54, 1.807) is 23.9 Å². The van der Waals surface area contributed by atoms with E-state index in [4.69, 9.17) is 4.74 Å². The van der Waals surface area contributed by atoms with Crippen LogP contribution in [-0.4, -0.2) is 25.4 Å². The highest BCUT2D eigenvalue weighted by Gasteiger charge is 2.14. The van der Waals surface area contributed by atoms with Gasteiger partial charge < -0.3 is 9.84 Å². The summed E-state index contributed by atoms with van der Waals surface area (Å²) in [7, 11) is 0. The van der Waals surface area contributed by atoms with Gasteiger partial charge in [-0.25, -0.2) is 4.79 Å². The first kappa shape index (κ1) is 22.2. The number of aromatic hydroxyl groups is 1. The summed E-state index contributed by atoms with van der Waals surface area (Å²) < 4.78 is 4.94. The molecule has 0 radical (unpaired) electrons. The molecule has 0 bridgehead atoms. The van der Waals surface area contributed by atoms with Gasteiger partial charge in [0.2, 0.25) is 0 Å². The molecule has 0 atom stereocenters. The van der Waals surface area contributed by atoms with Crippen molar-refractivity contribution in [3.05, 3.63) is 65.7 Å². The van der Waals surface area contributed by atoms with Crippen LogP contribution in [0, 0.1) is 6.92 Å². The molecule has 4 rings (SSSR count). The Kier molecular flexibility index (Phi) is 6.72. The quantitative estimate of drug-likeness (QED) is 0.244. The molecule has 0 spiro atoms. The predicted octanol–water partition coefficient (Wildman–Crippen LogP) is 6.36. The normalized spacial score (nSPS) is 11.1. The summed E-state index contributed by atoms with van der Waals surface area (Å²) in [4.78, 5) is 14.4. The van der Waals surface area contributed by atoms with Gasteiger partial charge in [-0.05, 0) is 79.4 Å². The number of phenols is 1. The fourth-order valence-corrected chi connectivity index (χ4v) is 4.38. The van der Waals surface area contributed by atoms with Crippen molar-refractivity contribution in [3.8, 4) is 17.2 Å². The maximum Gasteiger partial charge on any atom is 0.369 e. The zero-order chi connectivity index (χ0) is 22.7. The minimum Gasteiger partial charge on any atom is -0.505 e. The molecule has 0 fully saturated rings. The number of rotatable bonds is 7. The van der Waals surface area contributed by atoms with Crippen LogP contribution in [0.1, 0.15) is 30.9 Å². The molecule has 1 N–H and O–H groups in total. The van der Waals surface area contributed by atoms with Crippen LogP contribution in [-0.2, 0) is 6.42 Å². The first-order valence-corrected chi connectivity index (χ1v) is 11.6. The molecule has 0 aliphatic heterocycles. The van der Waals surface area contributed by atoms with E-state index in [0.29, 0.717) is 11.4 Å². The van der Waals surface area contributed by atoms with Crippen molar-refractivity contribution in [1.29, 1.82) is 0 Å². The molecular formula is C24H23N3O3S2. The van der Waals surface area contributed by atoms with Crippen LogP contribution in [0.5, 0.6) is 11.5 Å². The van der Waals surface area contributed by atoms with Crippen molar-refractivity contribution >= 4 is 40.7 Å². The number of hydrogen-bond donors (Lipinski definition) is 2. The number of aromatic nitrogens is 3. The van der Waals surface area contributed by atoms with Crippen LogP contribution in [0.4, 0.5) is 4.79 Å². The average Bonchev–Trinajstić information content (AvgIpc) is 3.18. The van der Waals surface area contributed by atoms with Crippen LogP contribution >= 0.6 is 24.4 Å². The van der Waals surface area contributed by atoms with Gasteiger partial charge >= 0.3 is 5.30 Å². The first-order chi connectivity index (χ1) is 15.4. The van der Waals surface area contributed by atoms with E-state index < -0.39 is 5.30 Å². The lowest BCUT2D eigenvalue weighted by molar-refractivity contribution is 0.227. The van der Waals surface area contributed by atoms with Crippen molar-refractivity contribution in [2.45, 2.75) is 42.9 Å². The Hall–Kier alpha value is -2.97. The smallest absolute Gasteiger partial charge is 0.369 e. The molecule has 0 saturated carbocycles. The minimum absolute atomic E-state index is 0.237. The van der Waals surface area contributed by atoms with Crippen LogP contribution in [0.3, 0.4) is 0 Å². The lowest BCUT2D eigenvalue weighted by Gasteiger charge is -2.10. The van der Waals surface area contributed by atoms with Crippen LogP contribution in [0.15, 0.2) is 64.4 Å². The van der Waals surface area contributed by atoms with E-state index >= 15 is 0 Å². The van der Waals surface area contributed by atoms with Crippen molar-refractivity contribution in [3.63, 3.8) is 0 Å². The van der Waals surface area contributed by atoms with Gasteiger partial charge in [0, 0.05) is 9.79 Å². The third-order valence-corrected chi connectivity index (χ3v) is 6.03. The monoisotopic (exact) mass is 465 g/mol. The Balaban J connectivity index is 1.60. The molecule has 0 aliphatic carbocycles. The van der Waals surface area contributed by atoms with E-state index in [1.807, 2.05) is 49.4 Å². The summed E-state index contributed by atoms with van der Waals surface area (Å²) in [5, 5.41) is 19.4. The van der Waals surface area contributed by atoms with Gasteiger partial charge in [-0.3, -0.25) is 0 Å². The third kappa shape index (κ3) is 5.08. The van der Waals surface area contributed by atoms with Gasteiger partial charge in [0.15, 0.2) is 0 Å². The largest absolute Gasteiger partial charge is 0.505 e. The fraction of sp³-hybridized carbons (Fsp3) is 0.208. The van der Waals surface area contributed by atoms with Gasteiger partial charge in [-0.15, -0.1) is 15.0 Å². The topological polar surface area (TPSA) is 77.2 Å². The summed E-state index contributed by atoms with van der Waals surface area (Å²) in [6, 6.07) is 17.0. The van der Waals surface area contributed by atoms with Crippen LogP contribution < -0.4 is 4.74 Å². The molecule has 0 amide bonds. The Morgan fingerprint density at radius 3 is 2.50 bits per heavy atom. The van der Waals surface area contributed by atoms with Crippen LogP contribution in [0.25, 0.3) is 16.7 Å². The molecule has 8 heteroatoms. The molecule has 0 unspecified atom stereocenters. The minimum atomic E-state index is -0.643. The van der Waals surface area contributed by atoms with E-state index in [2.05, 4.69) is 29.7 Å². The van der Waals surface area contributed by atoms with Crippen molar-refractivity contribution in [1.82, 2.24) is 15.0 Å². The van der Waals surface area contributed by atoms with Gasteiger partial charge in [-0.1, -0.05) is 43.8 Å². The zero-order valence-corrected chi connectivity index (χ0v) is 19.5. The van der Waals surface area contributed by atoms with E-state index in [0.717, 1.165) is 51.2 Å². The number of unbranched alkanes of at least 4 members (excludes halogenated alkanes) is 1. The SMILES string of the molecule is CCCCc1cc(C)cc(-n2nc3ccc(Sc4ccc(OC(=O)S)cc4)cc3n2)c1O. The number of fused-ring (bicyclic) bond motifs is 1. The number of nitrogens with zero attached hydrogens (tertiary/aromatic N) is 3. The Morgan fingerprint density at radius 2 is 1.78 bits per heavy atom. The van der Waals surface area contributed by atoms with Gasteiger partial charge in [0.1, 0.15) is 28.2 Å². The Morgan fingerprint density at radius 1 is 1.06 bits per heavy atom. The van der Waals surface area contributed by atoms with E-state index in [-0.39, 0.29) is 5.75 Å². The summed E-state index contributed by atoms with van der Waals surface area (Å²) in [5.74, 6) is 0.685. The number of thiol groups is 1. The number of phenolic OH excluding ortho intramolecular Hbond substituents is 1. The number of aryl methyl sites for hydroxylation is 2. The lowest BCUT2D eigenvalue weighted by Crippen LogP contribution is -2.02. The molecule has 32 heavy (non-hydrogen) atoms. The van der Waals surface area contributed by atoms with Crippen molar-refractivity contribution < 1.29 is 14.6 Å². The molecule has 1 aromatic heterocycles. The van der Waals surface area contributed by atoms with Crippen molar-refractivity contribution in [2.24, 2.45) is 0 Å². The predicted molar refractivity (Wildman–Crippen MR) is 129 cm³/mol. The van der Waals surface area contributed by atoms with Crippen molar-refractivity contribution in [2.75, 3.05) is 0 Å². The number of carbonyl (C=O) groups is 1. The average molecular weight is 466 g/mol. The maximum absolute atomic E-state index is 10.9. The second-order valence-electron chi connectivity index (χ2n) is 7.48. The lowest BCUT2D eigenvalue weighted by atomic mass is 10.0. The Labute approximate surface area is 196 Å². The molecular weight excluding hydrogens is 442 g/mol. The van der Waals surface area contributed by atoms with E-state index in [1.165, 1.54) is 4.80 Å². The molecule has 1 heterocycles. The molecule has 0 saturated heterocycles. The van der Waals surface area contributed by atoms with Gasteiger partial charge in [0.05, 0.1) is 0 Å². The third-order valence-electron chi connectivity index (χ3n) is 4.94. The second kappa shape index (κ2) is 9.67. The second-order valence-corrected chi connectivity index (χ2v) is 8.99. The number of benzene rings is 3. The van der Waals surface area contributed by atoms with Crippen LogP contribution in [0.2, 0.25) is 0 Å².